The van der Waals surface area contributed by atoms with Gasteiger partial charge in [-0.15, -0.1) is 11.3 Å². The Bertz CT molecular complexity index is 539. The van der Waals surface area contributed by atoms with Crippen molar-refractivity contribution in [3.05, 3.63) is 33.9 Å². The van der Waals surface area contributed by atoms with Crippen LogP contribution >= 0.6 is 27.3 Å². The van der Waals surface area contributed by atoms with Crippen LogP contribution < -0.4 is 0 Å². The molecule has 0 amide bonds. The third-order valence-electron chi connectivity index (χ3n) is 1.75. The highest BCUT2D eigenvalue weighted by atomic mass is 79.9. The van der Waals surface area contributed by atoms with E-state index >= 15 is 0 Å². The lowest BCUT2D eigenvalue weighted by molar-refractivity contribution is 0.581. The Morgan fingerprint density at radius 1 is 1.40 bits per heavy atom. The van der Waals surface area contributed by atoms with Crippen molar-refractivity contribution in [1.29, 1.82) is 0 Å². The van der Waals surface area contributed by atoms with Crippen molar-refractivity contribution in [3.8, 4) is 0 Å². The van der Waals surface area contributed by atoms with E-state index in [0.29, 0.717) is 5.69 Å². The van der Waals surface area contributed by atoms with Gasteiger partial charge in [0.2, 0.25) is 0 Å². The Balaban J connectivity index is 2.53. The molecule has 0 unspecified atom stereocenters. The SMILES string of the molecule is Cc1ccn(S(=O)(=O)c2ccc(Br)s2)n1. The van der Waals surface area contributed by atoms with E-state index in [4.69, 9.17) is 0 Å². The molecule has 0 bridgehead atoms. The molecule has 2 rings (SSSR count). The summed E-state index contributed by atoms with van der Waals surface area (Å²) in [5.41, 5.74) is 0.675. The molecule has 0 aliphatic rings. The van der Waals surface area contributed by atoms with Gasteiger partial charge in [-0.05, 0) is 41.1 Å². The topological polar surface area (TPSA) is 52.0 Å². The highest BCUT2D eigenvalue weighted by Gasteiger charge is 2.19. The van der Waals surface area contributed by atoms with Gasteiger partial charge in [-0.1, -0.05) is 0 Å². The molecule has 80 valence electrons. The maximum atomic E-state index is 12.0. The molecular weight excluding hydrogens is 300 g/mol. The van der Waals surface area contributed by atoms with Crippen LogP contribution in [0.2, 0.25) is 0 Å². The fourth-order valence-corrected chi connectivity index (χ4v) is 4.30. The Labute approximate surface area is 99.7 Å². The largest absolute Gasteiger partial charge is 0.292 e. The first-order valence-corrected chi connectivity index (χ1v) is 7.08. The summed E-state index contributed by atoms with van der Waals surface area (Å²) in [7, 11) is -3.50. The standard InChI is InChI=1S/C8H7BrN2O2S2/c1-6-4-5-11(10-6)15(12,13)8-3-2-7(9)14-8/h2-5H,1H3. The van der Waals surface area contributed by atoms with E-state index in [2.05, 4.69) is 21.0 Å². The van der Waals surface area contributed by atoms with Crippen LogP contribution in [0.15, 0.2) is 32.4 Å². The van der Waals surface area contributed by atoms with Crippen LogP contribution in [0.1, 0.15) is 5.69 Å². The second kappa shape index (κ2) is 3.73. The number of nitrogens with zero attached hydrogens (tertiary/aromatic N) is 2. The summed E-state index contributed by atoms with van der Waals surface area (Å²) in [6.45, 7) is 1.75. The van der Waals surface area contributed by atoms with Gasteiger partial charge in [0.15, 0.2) is 0 Å². The normalized spacial score (nSPS) is 11.9. The summed E-state index contributed by atoms with van der Waals surface area (Å²) in [6.07, 6.45) is 1.44. The molecule has 7 heteroatoms. The van der Waals surface area contributed by atoms with Gasteiger partial charge in [0.05, 0.1) is 9.48 Å². The Morgan fingerprint density at radius 2 is 2.13 bits per heavy atom. The molecule has 15 heavy (non-hydrogen) atoms. The van der Waals surface area contributed by atoms with E-state index in [0.717, 1.165) is 7.87 Å². The van der Waals surface area contributed by atoms with Crippen LogP contribution in [0.4, 0.5) is 0 Å². The summed E-state index contributed by atoms with van der Waals surface area (Å²) in [5, 5.41) is 3.89. The molecule has 0 aliphatic heterocycles. The number of aromatic nitrogens is 2. The number of rotatable bonds is 2. The predicted molar refractivity (Wildman–Crippen MR) is 61.6 cm³/mol. The van der Waals surface area contributed by atoms with Crippen molar-refractivity contribution in [1.82, 2.24) is 9.19 Å². The number of thiophene rings is 1. The van der Waals surface area contributed by atoms with Crippen molar-refractivity contribution in [2.75, 3.05) is 0 Å². The van der Waals surface area contributed by atoms with Crippen molar-refractivity contribution < 1.29 is 8.42 Å². The van der Waals surface area contributed by atoms with E-state index < -0.39 is 10.0 Å². The van der Waals surface area contributed by atoms with Crippen LogP contribution in [0.25, 0.3) is 0 Å². The average Bonchev–Trinajstić information content (AvgIpc) is 2.74. The third kappa shape index (κ3) is 1.99. The molecule has 0 radical (unpaired) electrons. The fraction of sp³-hybridized carbons (Fsp3) is 0.125. The molecule has 0 fully saturated rings. The molecule has 2 aromatic rings. The number of hydrogen-bond donors (Lipinski definition) is 0. The first-order valence-electron chi connectivity index (χ1n) is 4.03. The third-order valence-corrected chi connectivity index (χ3v) is 5.39. The monoisotopic (exact) mass is 306 g/mol. The zero-order valence-electron chi connectivity index (χ0n) is 7.71. The van der Waals surface area contributed by atoms with Gasteiger partial charge in [-0.3, -0.25) is 0 Å². The quantitative estimate of drug-likeness (QED) is 0.855. The smallest absolute Gasteiger partial charge is 0.198 e. The van der Waals surface area contributed by atoms with Crippen LogP contribution in [0.3, 0.4) is 0 Å². The van der Waals surface area contributed by atoms with Gasteiger partial charge >= 0.3 is 0 Å². The average molecular weight is 307 g/mol. The zero-order chi connectivity index (χ0) is 11.1. The van der Waals surface area contributed by atoms with Crippen molar-refractivity contribution in [3.63, 3.8) is 0 Å². The lowest BCUT2D eigenvalue weighted by Gasteiger charge is -1.99. The Morgan fingerprint density at radius 3 is 2.60 bits per heavy atom. The molecule has 0 N–H and O–H groups in total. The molecule has 0 atom stereocenters. The number of aryl methyl sites for hydroxylation is 1. The van der Waals surface area contributed by atoms with E-state index in [1.807, 2.05) is 0 Å². The minimum absolute atomic E-state index is 0.275. The molecule has 0 aromatic carbocycles. The van der Waals surface area contributed by atoms with Gasteiger partial charge < -0.3 is 0 Å². The van der Waals surface area contributed by atoms with Gasteiger partial charge in [-0.2, -0.15) is 17.6 Å². The maximum absolute atomic E-state index is 12.0. The van der Waals surface area contributed by atoms with Crippen LogP contribution in [-0.4, -0.2) is 17.6 Å². The predicted octanol–water partition coefficient (Wildman–Crippen LogP) is 2.25. The molecule has 2 aromatic heterocycles. The van der Waals surface area contributed by atoms with Crippen LogP contribution in [-0.2, 0) is 10.0 Å². The second-order valence-electron chi connectivity index (χ2n) is 2.89. The fourth-order valence-electron chi connectivity index (χ4n) is 1.06. The molecule has 0 saturated carbocycles. The lowest BCUT2D eigenvalue weighted by Crippen LogP contribution is -2.12. The van der Waals surface area contributed by atoms with Crippen molar-refractivity contribution in [2.45, 2.75) is 11.1 Å². The molecule has 0 saturated heterocycles. The minimum atomic E-state index is -3.50. The van der Waals surface area contributed by atoms with Gasteiger partial charge in [-0.25, -0.2) is 0 Å². The zero-order valence-corrected chi connectivity index (χ0v) is 10.9. The first kappa shape index (κ1) is 10.8. The van der Waals surface area contributed by atoms with E-state index in [1.165, 1.54) is 17.5 Å². The highest BCUT2D eigenvalue weighted by Crippen LogP contribution is 2.27. The van der Waals surface area contributed by atoms with E-state index in [1.54, 1.807) is 25.1 Å². The second-order valence-corrected chi connectivity index (χ2v) is 7.38. The summed E-state index contributed by atoms with van der Waals surface area (Å²) >= 11 is 4.39. The van der Waals surface area contributed by atoms with E-state index in [9.17, 15) is 8.42 Å². The number of hydrogen-bond acceptors (Lipinski definition) is 4. The first-order chi connectivity index (χ1) is 7.00. The molecular formula is C8H7BrN2O2S2. The van der Waals surface area contributed by atoms with Gasteiger partial charge in [0.25, 0.3) is 10.0 Å². The summed E-state index contributed by atoms with van der Waals surface area (Å²) < 4.78 is 25.9. The number of halogens is 1. The minimum Gasteiger partial charge on any atom is -0.198 e. The van der Waals surface area contributed by atoms with E-state index in [-0.39, 0.29) is 4.21 Å². The molecule has 4 nitrogen and oxygen atoms in total. The Kier molecular flexibility index (Phi) is 2.70. The molecule has 2 heterocycles. The van der Waals surface area contributed by atoms with Crippen molar-refractivity contribution >= 4 is 37.3 Å². The summed E-state index contributed by atoms with van der Waals surface area (Å²) in [4.78, 5) is 0. The van der Waals surface area contributed by atoms with Gasteiger partial charge in [0.1, 0.15) is 4.21 Å². The summed E-state index contributed by atoms with van der Waals surface area (Å²) in [5.74, 6) is 0. The van der Waals surface area contributed by atoms with Crippen LogP contribution in [0, 0.1) is 6.92 Å². The Hall–Kier alpha value is -0.660. The molecule has 0 spiro atoms. The maximum Gasteiger partial charge on any atom is 0.292 e. The van der Waals surface area contributed by atoms with Gasteiger partial charge in [0, 0.05) is 6.20 Å². The van der Waals surface area contributed by atoms with Crippen LogP contribution in [0.5, 0.6) is 0 Å². The highest BCUT2D eigenvalue weighted by molar-refractivity contribution is 9.11. The van der Waals surface area contributed by atoms with Crippen molar-refractivity contribution in [2.24, 2.45) is 0 Å². The molecule has 0 aliphatic carbocycles. The lowest BCUT2D eigenvalue weighted by atomic mass is 10.5. The summed E-state index contributed by atoms with van der Waals surface area (Å²) in [6, 6.07) is 4.91.